The third-order valence-electron chi connectivity index (χ3n) is 5.67. The SMILES string of the molecule is COCCNc1nc(SC(C)C)nc2c1cnn2CCNC(=O)C1CC(=O)N(c2ccc(F)cc2)C1. The summed E-state index contributed by atoms with van der Waals surface area (Å²) < 4.78 is 20.1. The Morgan fingerprint density at radius 1 is 1.25 bits per heavy atom. The third kappa shape index (κ3) is 6.11. The Labute approximate surface area is 213 Å². The van der Waals surface area contributed by atoms with E-state index >= 15 is 0 Å². The van der Waals surface area contributed by atoms with Gasteiger partial charge in [-0.05, 0) is 24.3 Å². The lowest BCUT2D eigenvalue weighted by molar-refractivity contribution is -0.126. The summed E-state index contributed by atoms with van der Waals surface area (Å²) in [6.07, 6.45) is 1.83. The number of hydrogen-bond donors (Lipinski definition) is 2. The number of rotatable bonds is 11. The van der Waals surface area contributed by atoms with Crippen LogP contribution in [0.4, 0.5) is 15.9 Å². The summed E-state index contributed by atoms with van der Waals surface area (Å²) in [5.74, 6) is -0.494. The molecule has 0 aliphatic carbocycles. The Morgan fingerprint density at radius 2 is 2.03 bits per heavy atom. The number of carbonyl (C=O) groups excluding carboxylic acids is 2. The Balaban J connectivity index is 1.39. The second kappa shape index (κ2) is 11.7. The van der Waals surface area contributed by atoms with Crippen molar-refractivity contribution in [3.63, 3.8) is 0 Å². The van der Waals surface area contributed by atoms with Crippen LogP contribution in [0.3, 0.4) is 0 Å². The van der Waals surface area contributed by atoms with Gasteiger partial charge in [-0.15, -0.1) is 0 Å². The lowest BCUT2D eigenvalue weighted by Gasteiger charge is -2.16. The highest BCUT2D eigenvalue weighted by atomic mass is 32.2. The van der Waals surface area contributed by atoms with Crippen LogP contribution < -0.4 is 15.5 Å². The van der Waals surface area contributed by atoms with Crippen LogP contribution >= 0.6 is 11.8 Å². The highest BCUT2D eigenvalue weighted by molar-refractivity contribution is 7.99. The number of benzene rings is 1. The molecule has 1 aromatic carbocycles. The van der Waals surface area contributed by atoms with Crippen LogP contribution in [-0.2, 0) is 20.9 Å². The Bertz CT molecular complexity index is 1220. The van der Waals surface area contributed by atoms with Gasteiger partial charge < -0.3 is 20.3 Å². The lowest BCUT2D eigenvalue weighted by Crippen LogP contribution is -2.35. The maximum atomic E-state index is 13.2. The molecule has 4 rings (SSSR count). The van der Waals surface area contributed by atoms with Crippen molar-refractivity contribution < 1.29 is 18.7 Å². The fourth-order valence-electron chi connectivity index (χ4n) is 3.95. The van der Waals surface area contributed by atoms with E-state index in [-0.39, 0.29) is 30.6 Å². The van der Waals surface area contributed by atoms with E-state index in [0.717, 1.165) is 5.39 Å². The summed E-state index contributed by atoms with van der Waals surface area (Å²) in [7, 11) is 1.64. The van der Waals surface area contributed by atoms with Crippen LogP contribution in [0, 0.1) is 11.7 Å². The van der Waals surface area contributed by atoms with E-state index < -0.39 is 5.92 Å². The largest absolute Gasteiger partial charge is 0.383 e. The Kier molecular flexibility index (Phi) is 8.36. The molecular formula is C24H30FN7O3S. The Hall–Kier alpha value is -3.25. The van der Waals surface area contributed by atoms with Crippen molar-refractivity contribution in [3.05, 3.63) is 36.3 Å². The number of carbonyl (C=O) groups is 2. The average Bonchev–Trinajstić information content (AvgIpc) is 3.43. The van der Waals surface area contributed by atoms with E-state index in [4.69, 9.17) is 4.74 Å². The van der Waals surface area contributed by atoms with Gasteiger partial charge in [0.05, 0.1) is 30.7 Å². The standard InChI is InChI=1S/C24H30FN7O3S/c1-15(2)36-24-29-21(26-9-11-35-3)19-13-28-32(22(19)30-24)10-8-27-23(34)16-12-20(33)31(14-16)18-6-4-17(25)5-7-18/h4-7,13,15-16H,8-12,14H2,1-3H3,(H,27,34)(H,26,29,30). The number of ether oxygens (including phenoxy) is 1. The van der Waals surface area contributed by atoms with Gasteiger partial charge in [0.25, 0.3) is 0 Å². The highest BCUT2D eigenvalue weighted by Crippen LogP contribution is 2.27. The van der Waals surface area contributed by atoms with Crippen molar-refractivity contribution in [2.24, 2.45) is 5.92 Å². The molecule has 1 aliphatic heterocycles. The number of hydrogen-bond acceptors (Lipinski definition) is 8. The molecule has 0 bridgehead atoms. The molecule has 192 valence electrons. The maximum absolute atomic E-state index is 13.2. The summed E-state index contributed by atoms with van der Waals surface area (Å²) in [4.78, 5) is 36.0. The Morgan fingerprint density at radius 3 is 2.75 bits per heavy atom. The first kappa shape index (κ1) is 25.8. The smallest absolute Gasteiger partial charge is 0.227 e. The summed E-state index contributed by atoms with van der Waals surface area (Å²) in [5.41, 5.74) is 1.27. The molecule has 3 heterocycles. The van der Waals surface area contributed by atoms with Crippen LogP contribution in [0.15, 0.2) is 35.6 Å². The van der Waals surface area contributed by atoms with Gasteiger partial charge in [0.2, 0.25) is 11.8 Å². The predicted molar refractivity (Wildman–Crippen MR) is 137 cm³/mol. The number of anilines is 2. The third-order valence-corrected chi connectivity index (χ3v) is 6.54. The maximum Gasteiger partial charge on any atom is 0.227 e. The predicted octanol–water partition coefficient (Wildman–Crippen LogP) is 2.69. The number of nitrogens with zero attached hydrogens (tertiary/aromatic N) is 5. The first-order valence-corrected chi connectivity index (χ1v) is 12.7. The molecule has 2 N–H and O–H groups in total. The van der Waals surface area contributed by atoms with Crippen LogP contribution in [0.25, 0.3) is 11.0 Å². The molecule has 1 unspecified atom stereocenters. The molecule has 0 saturated carbocycles. The van der Waals surface area contributed by atoms with Crippen LogP contribution in [-0.4, -0.2) is 70.2 Å². The van der Waals surface area contributed by atoms with Gasteiger partial charge in [0, 0.05) is 44.1 Å². The minimum atomic E-state index is -0.468. The first-order chi connectivity index (χ1) is 17.4. The molecule has 10 nitrogen and oxygen atoms in total. The molecule has 0 spiro atoms. The molecule has 2 aromatic heterocycles. The number of amides is 2. The van der Waals surface area contributed by atoms with Crippen molar-refractivity contribution in [1.82, 2.24) is 25.1 Å². The summed E-state index contributed by atoms with van der Waals surface area (Å²) in [6, 6.07) is 5.69. The van der Waals surface area contributed by atoms with Crippen LogP contribution in [0.1, 0.15) is 20.3 Å². The van der Waals surface area contributed by atoms with E-state index in [1.54, 1.807) is 41.9 Å². The molecule has 0 radical (unpaired) electrons. The van der Waals surface area contributed by atoms with Crippen molar-refractivity contribution >= 4 is 46.1 Å². The summed E-state index contributed by atoms with van der Waals surface area (Å²) in [6.45, 7) is 6.31. The minimum absolute atomic E-state index is 0.118. The zero-order valence-electron chi connectivity index (χ0n) is 20.5. The molecule has 1 aliphatic rings. The van der Waals surface area contributed by atoms with Gasteiger partial charge >= 0.3 is 0 Å². The van der Waals surface area contributed by atoms with Crippen molar-refractivity contribution in [2.75, 3.05) is 43.6 Å². The number of fused-ring (bicyclic) bond motifs is 1. The molecule has 1 saturated heterocycles. The lowest BCUT2D eigenvalue weighted by atomic mass is 10.1. The van der Waals surface area contributed by atoms with E-state index in [0.29, 0.717) is 53.8 Å². The van der Waals surface area contributed by atoms with Crippen molar-refractivity contribution in [3.8, 4) is 0 Å². The summed E-state index contributed by atoms with van der Waals surface area (Å²) >= 11 is 1.56. The molecule has 12 heteroatoms. The summed E-state index contributed by atoms with van der Waals surface area (Å²) in [5, 5.41) is 12.4. The second-order valence-corrected chi connectivity index (χ2v) is 10.3. The van der Waals surface area contributed by atoms with Gasteiger partial charge in [0.1, 0.15) is 11.6 Å². The number of nitrogens with one attached hydrogen (secondary N) is 2. The first-order valence-electron chi connectivity index (χ1n) is 11.8. The van der Waals surface area contributed by atoms with E-state index in [2.05, 4.69) is 39.5 Å². The zero-order chi connectivity index (χ0) is 25.7. The second-order valence-electron chi connectivity index (χ2n) is 8.72. The van der Waals surface area contributed by atoms with E-state index in [1.165, 1.54) is 17.0 Å². The molecule has 3 aromatic rings. The topological polar surface area (TPSA) is 114 Å². The van der Waals surface area contributed by atoms with Gasteiger partial charge in [-0.3, -0.25) is 9.59 Å². The number of halogens is 1. The fourth-order valence-corrected chi connectivity index (χ4v) is 4.66. The molecule has 36 heavy (non-hydrogen) atoms. The minimum Gasteiger partial charge on any atom is -0.383 e. The average molecular weight is 516 g/mol. The van der Waals surface area contributed by atoms with E-state index in [9.17, 15) is 14.0 Å². The van der Waals surface area contributed by atoms with Gasteiger partial charge in [-0.25, -0.2) is 19.0 Å². The van der Waals surface area contributed by atoms with E-state index in [1.807, 2.05) is 0 Å². The normalized spacial score (nSPS) is 15.8. The quantitative estimate of drug-likeness (QED) is 0.228. The van der Waals surface area contributed by atoms with Crippen molar-refractivity contribution in [2.45, 2.75) is 37.2 Å². The number of aromatic nitrogens is 4. The number of thioether (sulfide) groups is 1. The van der Waals surface area contributed by atoms with Gasteiger partial charge in [-0.2, -0.15) is 5.10 Å². The number of methoxy groups -OCH3 is 1. The van der Waals surface area contributed by atoms with Gasteiger partial charge in [0.15, 0.2) is 10.8 Å². The fraction of sp³-hybridized carbons (Fsp3) is 0.458. The molecule has 1 fully saturated rings. The molecule has 1 atom stereocenters. The van der Waals surface area contributed by atoms with Crippen LogP contribution in [0.5, 0.6) is 0 Å². The van der Waals surface area contributed by atoms with Crippen molar-refractivity contribution in [1.29, 1.82) is 0 Å². The molecule has 2 amide bonds. The monoisotopic (exact) mass is 515 g/mol. The van der Waals surface area contributed by atoms with Gasteiger partial charge in [-0.1, -0.05) is 25.6 Å². The van der Waals surface area contributed by atoms with Crippen LogP contribution in [0.2, 0.25) is 0 Å². The highest BCUT2D eigenvalue weighted by Gasteiger charge is 2.35. The molecular weight excluding hydrogens is 485 g/mol. The zero-order valence-corrected chi connectivity index (χ0v) is 21.3.